The monoisotopic (exact) mass is 348 g/mol. The van der Waals surface area contributed by atoms with Gasteiger partial charge in [0.1, 0.15) is 18.3 Å². The number of fused-ring (bicyclic) bond motifs is 1. The Morgan fingerprint density at radius 2 is 2.08 bits per heavy atom. The molecule has 0 saturated carbocycles. The topological polar surface area (TPSA) is 60.0 Å². The number of rotatable bonds is 3. The molecule has 2 atom stereocenters. The Bertz CT molecular complexity index is 599. The van der Waals surface area contributed by atoms with Gasteiger partial charge in [-0.25, -0.2) is 4.79 Å². The second-order valence-corrected chi connectivity index (χ2v) is 7.74. The van der Waals surface area contributed by atoms with Crippen LogP contribution in [0.1, 0.15) is 33.6 Å². The Morgan fingerprint density at radius 1 is 1.32 bits per heavy atom. The van der Waals surface area contributed by atoms with Crippen LogP contribution in [0.3, 0.4) is 0 Å². The molecule has 2 aliphatic heterocycles. The maximum atomic E-state index is 12.0. The molecule has 0 radical (unpaired) electrons. The number of carbonyl (C=O) groups is 1. The number of nitrogens with zero attached hydrogens (tertiary/aromatic N) is 1. The van der Waals surface area contributed by atoms with E-state index < -0.39 is 5.60 Å². The Morgan fingerprint density at radius 3 is 2.84 bits per heavy atom. The van der Waals surface area contributed by atoms with Gasteiger partial charge in [-0.3, -0.25) is 4.90 Å². The fraction of sp³-hybridized carbons (Fsp3) is 0.632. The molecule has 1 aromatic carbocycles. The molecule has 25 heavy (non-hydrogen) atoms. The number of hydrogen-bond acceptors (Lipinski definition) is 5. The summed E-state index contributed by atoms with van der Waals surface area (Å²) in [5, 5.41) is 2.98. The van der Waals surface area contributed by atoms with Crippen LogP contribution in [0, 0.1) is 0 Å². The van der Waals surface area contributed by atoms with E-state index in [0.717, 1.165) is 44.0 Å². The number of amides is 1. The molecule has 0 unspecified atom stereocenters. The predicted molar refractivity (Wildman–Crippen MR) is 95.2 cm³/mol. The molecule has 2 aliphatic rings. The molecule has 1 amide bonds. The molecule has 6 heteroatoms. The maximum absolute atomic E-state index is 12.0. The van der Waals surface area contributed by atoms with E-state index >= 15 is 0 Å². The standard InChI is InChI=1S/C19H28N2O4/c1-19(2,3)25-18(22)20-14-7-6-10-21(11-14)12-15-13-23-16-8-4-5-9-17(16)24-15/h4-5,8-9,14-15H,6-7,10-13H2,1-3H3,(H,20,22)/t14-,15-/m0/s1. The summed E-state index contributed by atoms with van der Waals surface area (Å²) in [5.41, 5.74) is -0.473. The number of likely N-dealkylation sites (tertiary alicyclic amines) is 1. The lowest BCUT2D eigenvalue weighted by Gasteiger charge is -2.36. The minimum Gasteiger partial charge on any atom is -0.486 e. The van der Waals surface area contributed by atoms with Gasteiger partial charge in [-0.15, -0.1) is 0 Å². The van der Waals surface area contributed by atoms with Crippen molar-refractivity contribution in [1.29, 1.82) is 0 Å². The summed E-state index contributed by atoms with van der Waals surface area (Å²) in [5.74, 6) is 1.61. The second-order valence-electron chi connectivity index (χ2n) is 7.74. The van der Waals surface area contributed by atoms with E-state index in [1.807, 2.05) is 45.0 Å². The first-order chi connectivity index (χ1) is 11.9. The van der Waals surface area contributed by atoms with Gasteiger partial charge in [-0.05, 0) is 52.3 Å². The van der Waals surface area contributed by atoms with Crippen molar-refractivity contribution in [3.8, 4) is 11.5 Å². The molecule has 0 aromatic heterocycles. The van der Waals surface area contributed by atoms with Crippen LogP contribution >= 0.6 is 0 Å². The summed E-state index contributed by atoms with van der Waals surface area (Å²) >= 11 is 0. The van der Waals surface area contributed by atoms with E-state index in [1.54, 1.807) is 0 Å². The molecule has 1 aromatic rings. The first-order valence-corrected chi connectivity index (χ1v) is 8.99. The lowest BCUT2D eigenvalue weighted by molar-refractivity contribution is 0.0376. The number of para-hydroxylation sites is 2. The zero-order valence-corrected chi connectivity index (χ0v) is 15.3. The first-order valence-electron chi connectivity index (χ1n) is 8.99. The van der Waals surface area contributed by atoms with Gasteiger partial charge in [-0.2, -0.15) is 0 Å². The van der Waals surface area contributed by atoms with Gasteiger partial charge >= 0.3 is 6.09 Å². The molecule has 1 saturated heterocycles. The van der Waals surface area contributed by atoms with Crippen molar-refractivity contribution in [3.63, 3.8) is 0 Å². The number of benzene rings is 1. The van der Waals surface area contributed by atoms with Gasteiger partial charge in [0.2, 0.25) is 0 Å². The van der Waals surface area contributed by atoms with Crippen molar-refractivity contribution in [1.82, 2.24) is 10.2 Å². The summed E-state index contributed by atoms with van der Waals surface area (Å²) < 4.78 is 17.2. The zero-order valence-electron chi connectivity index (χ0n) is 15.3. The van der Waals surface area contributed by atoms with E-state index in [-0.39, 0.29) is 18.2 Å². The van der Waals surface area contributed by atoms with Gasteiger partial charge in [-0.1, -0.05) is 12.1 Å². The third-order valence-electron chi connectivity index (χ3n) is 4.26. The zero-order chi connectivity index (χ0) is 17.9. The number of hydrogen-bond donors (Lipinski definition) is 1. The molecular formula is C19H28N2O4. The van der Waals surface area contributed by atoms with Crippen LogP contribution in [0.5, 0.6) is 11.5 Å². The predicted octanol–water partition coefficient (Wildman–Crippen LogP) is 2.82. The average Bonchev–Trinajstić information content (AvgIpc) is 2.53. The summed E-state index contributed by atoms with van der Waals surface area (Å²) in [6.45, 7) is 8.78. The number of ether oxygens (including phenoxy) is 3. The molecule has 6 nitrogen and oxygen atoms in total. The molecular weight excluding hydrogens is 320 g/mol. The van der Waals surface area contributed by atoms with Crippen LogP contribution in [0.15, 0.2) is 24.3 Å². The summed E-state index contributed by atoms with van der Waals surface area (Å²) in [4.78, 5) is 14.3. The van der Waals surface area contributed by atoms with E-state index in [4.69, 9.17) is 14.2 Å². The molecule has 3 rings (SSSR count). The van der Waals surface area contributed by atoms with Crippen molar-refractivity contribution in [2.75, 3.05) is 26.2 Å². The van der Waals surface area contributed by atoms with Gasteiger partial charge in [0, 0.05) is 19.1 Å². The third-order valence-corrected chi connectivity index (χ3v) is 4.26. The molecule has 1 fully saturated rings. The second kappa shape index (κ2) is 7.52. The minimum atomic E-state index is -0.473. The van der Waals surface area contributed by atoms with Crippen molar-refractivity contribution in [3.05, 3.63) is 24.3 Å². The van der Waals surface area contributed by atoms with Crippen LogP contribution < -0.4 is 14.8 Å². The molecule has 2 heterocycles. The Labute approximate surface area is 149 Å². The molecule has 1 N–H and O–H groups in total. The summed E-state index contributed by atoms with van der Waals surface area (Å²) in [7, 11) is 0. The van der Waals surface area contributed by atoms with E-state index in [9.17, 15) is 4.79 Å². The summed E-state index contributed by atoms with van der Waals surface area (Å²) in [6, 6.07) is 7.87. The normalized spacial score (nSPS) is 23.8. The van der Waals surface area contributed by atoms with Crippen LogP contribution in [0.4, 0.5) is 4.79 Å². The lowest BCUT2D eigenvalue weighted by atomic mass is 10.1. The maximum Gasteiger partial charge on any atom is 0.407 e. The quantitative estimate of drug-likeness (QED) is 0.910. The number of alkyl carbamates (subject to hydrolysis) is 1. The van der Waals surface area contributed by atoms with Crippen molar-refractivity contribution >= 4 is 6.09 Å². The lowest BCUT2D eigenvalue weighted by Crippen LogP contribution is -2.51. The fourth-order valence-electron chi connectivity index (χ4n) is 3.25. The third kappa shape index (κ3) is 5.26. The number of carbonyl (C=O) groups excluding carboxylic acids is 1. The van der Waals surface area contributed by atoms with Crippen molar-refractivity contribution in [2.24, 2.45) is 0 Å². The summed E-state index contributed by atoms with van der Waals surface area (Å²) in [6.07, 6.45) is 1.69. The van der Waals surface area contributed by atoms with Gasteiger partial charge in [0.05, 0.1) is 0 Å². The first kappa shape index (κ1) is 17.9. The van der Waals surface area contributed by atoms with Gasteiger partial charge < -0.3 is 19.5 Å². The highest BCUT2D eigenvalue weighted by Gasteiger charge is 2.28. The largest absolute Gasteiger partial charge is 0.486 e. The molecule has 138 valence electrons. The van der Waals surface area contributed by atoms with Gasteiger partial charge in [0.25, 0.3) is 0 Å². The highest BCUT2D eigenvalue weighted by atomic mass is 16.6. The van der Waals surface area contributed by atoms with Crippen LogP contribution in [-0.4, -0.2) is 55.0 Å². The van der Waals surface area contributed by atoms with Crippen molar-refractivity contribution < 1.29 is 19.0 Å². The smallest absolute Gasteiger partial charge is 0.407 e. The van der Waals surface area contributed by atoms with Crippen LogP contribution in [-0.2, 0) is 4.74 Å². The van der Waals surface area contributed by atoms with Gasteiger partial charge in [0.15, 0.2) is 11.5 Å². The highest BCUT2D eigenvalue weighted by Crippen LogP contribution is 2.31. The molecule has 0 spiro atoms. The number of nitrogens with one attached hydrogen (secondary N) is 1. The Balaban J connectivity index is 1.48. The molecule has 0 bridgehead atoms. The SMILES string of the molecule is CC(C)(C)OC(=O)N[C@H]1CCCN(C[C@H]2COc3ccccc3O2)C1. The fourth-order valence-corrected chi connectivity index (χ4v) is 3.25. The van der Waals surface area contributed by atoms with Crippen LogP contribution in [0.25, 0.3) is 0 Å². The van der Waals surface area contributed by atoms with E-state index in [2.05, 4.69) is 10.2 Å². The molecule has 0 aliphatic carbocycles. The van der Waals surface area contributed by atoms with E-state index in [1.165, 1.54) is 0 Å². The van der Waals surface area contributed by atoms with Crippen LogP contribution in [0.2, 0.25) is 0 Å². The Kier molecular flexibility index (Phi) is 5.37. The highest BCUT2D eigenvalue weighted by molar-refractivity contribution is 5.68. The Hall–Kier alpha value is -1.95. The average molecular weight is 348 g/mol. The minimum absolute atomic E-state index is 0.00942. The van der Waals surface area contributed by atoms with Crippen molar-refractivity contribution in [2.45, 2.75) is 51.4 Å². The number of piperidine rings is 1. The van der Waals surface area contributed by atoms with E-state index in [0.29, 0.717) is 6.61 Å².